The van der Waals surface area contributed by atoms with E-state index in [1.807, 2.05) is 60.6 Å². The van der Waals surface area contributed by atoms with Gasteiger partial charge < -0.3 is 14.2 Å². The van der Waals surface area contributed by atoms with Crippen LogP contribution in [0.4, 0.5) is 10.3 Å². The molecule has 2 heterocycles. The molecule has 1 aromatic carbocycles. The maximum Gasteiger partial charge on any atom is 0.303 e. The second kappa shape index (κ2) is 13.2. The molecule has 0 bridgehead atoms. The van der Waals surface area contributed by atoms with E-state index in [2.05, 4.69) is 9.97 Å². The minimum Gasteiger partial charge on any atom is -0.460 e. The summed E-state index contributed by atoms with van der Waals surface area (Å²) in [5.41, 5.74) is 2.28. The van der Waals surface area contributed by atoms with E-state index < -0.39 is 15.8 Å². The molecule has 222 valence electrons. The fourth-order valence-corrected chi connectivity index (χ4v) is 4.22. The van der Waals surface area contributed by atoms with Gasteiger partial charge in [0.15, 0.2) is 5.79 Å². The lowest BCUT2D eigenvalue weighted by atomic mass is 9.97. The lowest BCUT2D eigenvalue weighted by Crippen LogP contribution is -2.38. The molecular formula is C29H42FN3O6S. The van der Waals surface area contributed by atoms with Crippen molar-refractivity contribution in [3.63, 3.8) is 0 Å². The van der Waals surface area contributed by atoms with Crippen molar-refractivity contribution in [2.75, 3.05) is 24.2 Å². The summed E-state index contributed by atoms with van der Waals surface area (Å²) in [5, 5.41) is 0. The van der Waals surface area contributed by atoms with Crippen LogP contribution in [0.25, 0.3) is 17.3 Å². The Hall–Kier alpha value is -2.89. The predicted molar refractivity (Wildman–Crippen MR) is 155 cm³/mol. The number of nitrogens with zero attached hydrogens (tertiary/aromatic N) is 3. The highest BCUT2D eigenvalue weighted by Crippen LogP contribution is 2.32. The van der Waals surface area contributed by atoms with E-state index in [0.29, 0.717) is 30.0 Å². The van der Waals surface area contributed by atoms with Crippen LogP contribution in [0.5, 0.6) is 0 Å². The molecule has 1 aliphatic heterocycles. The standard InChI is InChI=1S/C23H30FN3O4S.C6H12O2/c1-15(2)20-19(12-11-18-13-14-30-23(3,4)31-18)21(16-7-9-17(24)10-8-16)26-22(25-20)27(5)32(6,28)29;1-5(7)8-6(2,3)4/h7-12,15,18H,13-14H2,1-6H3;1-4H3/b12-11+;/t18-;/m1./s1. The Morgan fingerprint density at radius 1 is 1.20 bits per heavy atom. The number of benzene rings is 1. The molecule has 1 aliphatic rings. The lowest BCUT2D eigenvalue weighted by molar-refractivity contribution is -0.262. The molecule has 11 heteroatoms. The van der Waals surface area contributed by atoms with E-state index in [0.717, 1.165) is 16.1 Å². The minimum atomic E-state index is -3.56. The van der Waals surface area contributed by atoms with Gasteiger partial charge in [-0.05, 0) is 64.8 Å². The quantitative estimate of drug-likeness (QED) is 0.401. The Morgan fingerprint density at radius 2 is 1.80 bits per heavy atom. The third kappa shape index (κ3) is 10.3. The first-order valence-electron chi connectivity index (χ1n) is 13.1. The summed E-state index contributed by atoms with van der Waals surface area (Å²) in [4.78, 5) is 19.4. The number of hydrogen-bond donors (Lipinski definition) is 0. The highest BCUT2D eigenvalue weighted by molar-refractivity contribution is 7.92. The maximum atomic E-state index is 13.6. The minimum absolute atomic E-state index is 0.0180. The van der Waals surface area contributed by atoms with E-state index in [9.17, 15) is 17.6 Å². The summed E-state index contributed by atoms with van der Waals surface area (Å²) >= 11 is 0. The molecule has 0 unspecified atom stereocenters. The normalized spacial score (nSPS) is 17.4. The Morgan fingerprint density at radius 3 is 2.25 bits per heavy atom. The molecule has 0 aliphatic carbocycles. The first-order valence-corrected chi connectivity index (χ1v) is 15.0. The van der Waals surface area contributed by atoms with Gasteiger partial charge in [0.2, 0.25) is 16.0 Å². The monoisotopic (exact) mass is 579 g/mol. The van der Waals surface area contributed by atoms with E-state index in [-0.39, 0.29) is 35.4 Å². The van der Waals surface area contributed by atoms with Crippen molar-refractivity contribution in [2.24, 2.45) is 0 Å². The smallest absolute Gasteiger partial charge is 0.303 e. The van der Waals surface area contributed by atoms with Crippen LogP contribution in [0.3, 0.4) is 0 Å². The van der Waals surface area contributed by atoms with Gasteiger partial charge in [-0.2, -0.15) is 0 Å². The van der Waals surface area contributed by atoms with Gasteiger partial charge in [0.05, 0.1) is 30.4 Å². The SMILES string of the molecule is CC(=O)OC(C)(C)C.CC(C)c1nc(N(C)S(C)(=O)=O)nc(-c2ccc(F)cc2)c1/C=C/[C@@H]1CCOC(C)(C)O1. The summed E-state index contributed by atoms with van der Waals surface area (Å²) in [6, 6.07) is 5.95. The number of halogens is 1. The first-order chi connectivity index (χ1) is 18.3. The van der Waals surface area contributed by atoms with Gasteiger partial charge in [0, 0.05) is 31.5 Å². The summed E-state index contributed by atoms with van der Waals surface area (Å²) in [6.07, 6.45) is 5.50. The van der Waals surface area contributed by atoms with Gasteiger partial charge in [-0.25, -0.2) is 27.1 Å². The zero-order valence-electron chi connectivity index (χ0n) is 25.1. The number of sulfonamides is 1. The van der Waals surface area contributed by atoms with Crippen LogP contribution in [0, 0.1) is 5.82 Å². The Bertz CT molecular complexity index is 1300. The van der Waals surface area contributed by atoms with Crippen LogP contribution in [0.2, 0.25) is 0 Å². The fraction of sp³-hybridized carbons (Fsp3) is 0.552. The van der Waals surface area contributed by atoms with Gasteiger partial charge in [0.25, 0.3) is 0 Å². The van der Waals surface area contributed by atoms with Gasteiger partial charge in [0.1, 0.15) is 11.4 Å². The predicted octanol–water partition coefficient (Wildman–Crippen LogP) is 5.70. The molecule has 0 saturated carbocycles. The van der Waals surface area contributed by atoms with Gasteiger partial charge in [-0.3, -0.25) is 4.79 Å². The van der Waals surface area contributed by atoms with Gasteiger partial charge in [-0.15, -0.1) is 0 Å². The number of rotatable bonds is 6. The zero-order valence-corrected chi connectivity index (χ0v) is 25.9. The zero-order chi connectivity index (χ0) is 30.5. The summed E-state index contributed by atoms with van der Waals surface area (Å²) in [5.74, 6) is -1.22. The molecular weight excluding hydrogens is 537 g/mol. The van der Waals surface area contributed by atoms with Crippen molar-refractivity contribution in [3.8, 4) is 11.3 Å². The third-order valence-electron chi connectivity index (χ3n) is 5.62. The average Bonchev–Trinajstić information content (AvgIpc) is 2.80. The molecule has 1 saturated heterocycles. The third-order valence-corrected chi connectivity index (χ3v) is 6.78. The Labute approximate surface area is 237 Å². The maximum absolute atomic E-state index is 13.6. The van der Waals surface area contributed by atoms with Crippen LogP contribution < -0.4 is 4.31 Å². The summed E-state index contributed by atoms with van der Waals surface area (Å²) in [7, 11) is -2.15. The molecule has 3 rings (SSSR count). The molecule has 1 aromatic heterocycles. The van der Waals surface area contributed by atoms with Crippen LogP contribution in [0.1, 0.15) is 79.0 Å². The van der Waals surface area contributed by atoms with Gasteiger partial charge >= 0.3 is 5.97 Å². The summed E-state index contributed by atoms with van der Waals surface area (Å²) < 4.78 is 55.3. The second-order valence-electron chi connectivity index (χ2n) is 11.3. The van der Waals surface area contributed by atoms with Crippen molar-refractivity contribution in [3.05, 3.63) is 47.4 Å². The first kappa shape index (κ1) is 33.3. The van der Waals surface area contributed by atoms with Crippen LogP contribution >= 0.6 is 0 Å². The number of anilines is 1. The number of aromatic nitrogens is 2. The van der Waals surface area contributed by atoms with E-state index in [4.69, 9.17) is 14.2 Å². The Balaban J connectivity index is 0.000000611. The number of hydrogen-bond acceptors (Lipinski definition) is 8. The average molecular weight is 580 g/mol. The highest BCUT2D eigenvalue weighted by atomic mass is 32.2. The van der Waals surface area contributed by atoms with E-state index in [1.54, 1.807) is 12.1 Å². The van der Waals surface area contributed by atoms with Crippen molar-refractivity contribution >= 4 is 28.0 Å². The van der Waals surface area contributed by atoms with Gasteiger partial charge in [-0.1, -0.05) is 26.0 Å². The molecule has 1 fully saturated rings. The van der Waals surface area contributed by atoms with E-state index in [1.165, 1.54) is 26.1 Å². The second-order valence-corrected chi connectivity index (χ2v) is 13.3. The van der Waals surface area contributed by atoms with E-state index >= 15 is 0 Å². The molecule has 0 N–H and O–H groups in total. The molecule has 2 aromatic rings. The number of carbonyl (C=O) groups excluding carboxylic acids is 1. The largest absolute Gasteiger partial charge is 0.460 e. The van der Waals surface area contributed by atoms with Crippen molar-refractivity contribution in [1.29, 1.82) is 0 Å². The highest BCUT2D eigenvalue weighted by Gasteiger charge is 2.28. The van der Waals surface area contributed by atoms with Crippen molar-refractivity contribution in [1.82, 2.24) is 9.97 Å². The number of esters is 1. The molecule has 0 amide bonds. The Kier molecular flexibility index (Phi) is 11.0. The molecule has 0 radical (unpaired) electrons. The van der Waals surface area contributed by atoms with Crippen molar-refractivity contribution in [2.45, 2.75) is 85.2 Å². The summed E-state index contributed by atoms with van der Waals surface area (Å²) in [6.45, 7) is 15.2. The number of carbonyl (C=O) groups is 1. The van der Waals surface area contributed by atoms with Crippen LogP contribution in [0.15, 0.2) is 30.3 Å². The van der Waals surface area contributed by atoms with Crippen LogP contribution in [-0.2, 0) is 29.0 Å². The molecule has 0 spiro atoms. The molecule has 1 atom stereocenters. The lowest BCUT2D eigenvalue weighted by Gasteiger charge is -2.34. The fourth-order valence-electron chi connectivity index (χ4n) is 3.84. The van der Waals surface area contributed by atoms with Crippen molar-refractivity contribution < 1.29 is 31.8 Å². The van der Waals surface area contributed by atoms with Crippen LogP contribution in [-0.4, -0.2) is 61.8 Å². The topological polar surface area (TPSA) is 108 Å². The molecule has 9 nitrogen and oxygen atoms in total. The number of ether oxygens (including phenoxy) is 3. The molecule has 40 heavy (non-hydrogen) atoms.